The van der Waals surface area contributed by atoms with Gasteiger partial charge in [-0.1, -0.05) is 27.5 Å². The van der Waals surface area contributed by atoms with E-state index in [1.807, 2.05) is 37.2 Å². The Kier molecular flexibility index (Phi) is 4.75. The van der Waals surface area contributed by atoms with Crippen LogP contribution in [0.1, 0.15) is 10.4 Å². The third-order valence-electron chi connectivity index (χ3n) is 2.95. The Labute approximate surface area is 137 Å². The molecule has 0 aromatic heterocycles. The quantitative estimate of drug-likeness (QED) is 0.805. The van der Waals surface area contributed by atoms with E-state index in [9.17, 15) is 4.79 Å². The van der Waals surface area contributed by atoms with Crippen LogP contribution in [-0.4, -0.2) is 20.0 Å². The largest absolute Gasteiger partial charge is 0.398 e. The molecule has 0 fully saturated rings. The molecule has 0 aliphatic rings. The van der Waals surface area contributed by atoms with Crippen LogP contribution in [0.5, 0.6) is 0 Å². The Hall–Kier alpha value is -1.72. The molecule has 2 aromatic rings. The number of halogens is 2. The van der Waals surface area contributed by atoms with Gasteiger partial charge in [-0.05, 0) is 36.4 Å². The summed E-state index contributed by atoms with van der Waals surface area (Å²) in [6, 6.07) is 10.5. The van der Waals surface area contributed by atoms with Crippen molar-refractivity contribution >= 4 is 50.5 Å². The number of carbonyl (C=O) groups is 1. The number of nitrogens with zero attached hydrogens (tertiary/aromatic N) is 1. The van der Waals surface area contributed by atoms with Gasteiger partial charge in [0.1, 0.15) is 0 Å². The third kappa shape index (κ3) is 3.68. The highest BCUT2D eigenvalue weighted by atomic mass is 79.9. The Balaban J connectivity index is 2.30. The minimum absolute atomic E-state index is 0.238. The van der Waals surface area contributed by atoms with Gasteiger partial charge >= 0.3 is 0 Å². The molecule has 21 heavy (non-hydrogen) atoms. The van der Waals surface area contributed by atoms with Gasteiger partial charge in [0.15, 0.2) is 0 Å². The molecular weight excluding hydrogens is 354 g/mol. The van der Waals surface area contributed by atoms with Gasteiger partial charge in [0.25, 0.3) is 5.91 Å². The summed E-state index contributed by atoms with van der Waals surface area (Å²) in [5.74, 6) is -0.238. The number of nitrogen functional groups attached to an aromatic ring is 1. The number of anilines is 3. The Morgan fingerprint density at radius 3 is 2.57 bits per heavy atom. The lowest BCUT2D eigenvalue weighted by Crippen LogP contribution is -2.16. The summed E-state index contributed by atoms with van der Waals surface area (Å²) in [4.78, 5) is 14.2. The van der Waals surface area contributed by atoms with Crippen LogP contribution in [0, 0.1) is 0 Å². The summed E-state index contributed by atoms with van der Waals surface area (Å²) >= 11 is 9.35. The van der Waals surface area contributed by atoms with Gasteiger partial charge in [-0.2, -0.15) is 0 Å². The SMILES string of the molecule is CN(C)c1ccc(Br)cc1NC(=O)c1ccc(N)c(Cl)c1. The predicted octanol–water partition coefficient (Wildman–Crippen LogP) is 4.00. The second-order valence-electron chi connectivity index (χ2n) is 4.75. The van der Waals surface area contributed by atoms with Gasteiger partial charge in [-0.15, -0.1) is 0 Å². The maximum absolute atomic E-state index is 12.3. The lowest BCUT2D eigenvalue weighted by Gasteiger charge is -2.18. The first-order valence-electron chi connectivity index (χ1n) is 6.21. The summed E-state index contributed by atoms with van der Waals surface area (Å²) < 4.78 is 0.888. The second kappa shape index (κ2) is 6.37. The predicted molar refractivity (Wildman–Crippen MR) is 92.3 cm³/mol. The first-order chi connectivity index (χ1) is 9.88. The van der Waals surface area contributed by atoms with Crippen molar-refractivity contribution in [2.45, 2.75) is 0 Å². The first-order valence-corrected chi connectivity index (χ1v) is 7.39. The maximum Gasteiger partial charge on any atom is 0.255 e. The maximum atomic E-state index is 12.3. The van der Waals surface area contributed by atoms with Crippen molar-refractivity contribution in [3.8, 4) is 0 Å². The summed E-state index contributed by atoms with van der Waals surface area (Å²) in [6.45, 7) is 0. The van der Waals surface area contributed by atoms with Crippen LogP contribution in [0.3, 0.4) is 0 Å². The monoisotopic (exact) mass is 367 g/mol. The van der Waals surface area contributed by atoms with Gasteiger partial charge < -0.3 is 16.0 Å². The number of hydrogen-bond donors (Lipinski definition) is 2. The fraction of sp³-hybridized carbons (Fsp3) is 0.133. The van der Waals surface area contributed by atoms with E-state index in [1.54, 1.807) is 18.2 Å². The molecule has 0 bridgehead atoms. The van der Waals surface area contributed by atoms with Crippen LogP contribution in [-0.2, 0) is 0 Å². The topological polar surface area (TPSA) is 58.4 Å². The summed E-state index contributed by atoms with van der Waals surface area (Å²) in [5.41, 5.74) is 8.18. The molecule has 2 rings (SSSR count). The summed E-state index contributed by atoms with van der Waals surface area (Å²) in [5, 5.41) is 3.25. The van der Waals surface area contributed by atoms with E-state index in [1.165, 1.54) is 0 Å². The molecule has 0 aliphatic heterocycles. The minimum atomic E-state index is -0.238. The molecule has 0 radical (unpaired) electrons. The fourth-order valence-corrected chi connectivity index (χ4v) is 2.40. The molecule has 2 aromatic carbocycles. The number of nitrogens with two attached hydrogens (primary N) is 1. The lowest BCUT2D eigenvalue weighted by atomic mass is 10.2. The Morgan fingerprint density at radius 1 is 1.24 bits per heavy atom. The molecule has 1 amide bonds. The minimum Gasteiger partial charge on any atom is -0.398 e. The zero-order valence-corrected chi connectivity index (χ0v) is 14.0. The molecular formula is C15H15BrClN3O. The highest BCUT2D eigenvalue weighted by Gasteiger charge is 2.12. The first kappa shape index (κ1) is 15.7. The van der Waals surface area contributed by atoms with Crippen molar-refractivity contribution in [3.05, 3.63) is 51.5 Å². The Morgan fingerprint density at radius 2 is 1.95 bits per heavy atom. The van der Waals surface area contributed by atoms with Crippen LogP contribution in [0.15, 0.2) is 40.9 Å². The molecule has 4 nitrogen and oxygen atoms in total. The number of carbonyl (C=O) groups excluding carboxylic acids is 1. The smallest absolute Gasteiger partial charge is 0.255 e. The van der Waals surface area contributed by atoms with E-state index >= 15 is 0 Å². The number of benzene rings is 2. The van der Waals surface area contributed by atoms with Crippen molar-refractivity contribution in [3.63, 3.8) is 0 Å². The van der Waals surface area contributed by atoms with E-state index in [4.69, 9.17) is 17.3 Å². The standard InChI is InChI=1S/C15H15BrClN3O/c1-20(2)14-6-4-10(16)8-13(14)19-15(21)9-3-5-12(18)11(17)7-9/h3-8H,18H2,1-2H3,(H,19,21). The zero-order valence-electron chi connectivity index (χ0n) is 11.7. The normalized spacial score (nSPS) is 10.3. The van der Waals surface area contributed by atoms with Crippen molar-refractivity contribution < 1.29 is 4.79 Å². The van der Waals surface area contributed by atoms with E-state index < -0.39 is 0 Å². The second-order valence-corrected chi connectivity index (χ2v) is 6.07. The summed E-state index contributed by atoms with van der Waals surface area (Å²) in [7, 11) is 3.83. The number of rotatable bonds is 3. The van der Waals surface area contributed by atoms with Crippen LogP contribution in [0.25, 0.3) is 0 Å². The molecule has 0 unspecified atom stereocenters. The number of nitrogens with one attached hydrogen (secondary N) is 1. The molecule has 3 N–H and O–H groups in total. The average molecular weight is 369 g/mol. The van der Waals surface area contributed by atoms with Gasteiger partial charge in [0, 0.05) is 24.1 Å². The van der Waals surface area contributed by atoms with Crippen molar-refractivity contribution in [2.75, 3.05) is 30.0 Å². The molecule has 0 saturated carbocycles. The highest BCUT2D eigenvalue weighted by Crippen LogP contribution is 2.29. The summed E-state index contributed by atoms with van der Waals surface area (Å²) in [6.07, 6.45) is 0. The molecule has 6 heteroatoms. The van der Waals surface area contributed by atoms with E-state index in [0.717, 1.165) is 10.2 Å². The number of amides is 1. The van der Waals surface area contributed by atoms with Gasteiger partial charge in [0.05, 0.1) is 22.1 Å². The molecule has 110 valence electrons. The lowest BCUT2D eigenvalue weighted by molar-refractivity contribution is 0.102. The molecule has 0 atom stereocenters. The van der Waals surface area contributed by atoms with Crippen LogP contribution in [0.4, 0.5) is 17.1 Å². The highest BCUT2D eigenvalue weighted by molar-refractivity contribution is 9.10. The molecule has 0 aliphatic carbocycles. The van der Waals surface area contributed by atoms with E-state index in [0.29, 0.717) is 22.0 Å². The van der Waals surface area contributed by atoms with Crippen LogP contribution >= 0.6 is 27.5 Å². The van der Waals surface area contributed by atoms with Gasteiger partial charge in [0.2, 0.25) is 0 Å². The van der Waals surface area contributed by atoms with E-state index in [2.05, 4.69) is 21.2 Å². The van der Waals surface area contributed by atoms with Crippen LogP contribution in [0.2, 0.25) is 5.02 Å². The Bertz CT molecular complexity index is 689. The molecule has 0 spiro atoms. The van der Waals surface area contributed by atoms with Crippen molar-refractivity contribution in [1.82, 2.24) is 0 Å². The van der Waals surface area contributed by atoms with Crippen molar-refractivity contribution in [1.29, 1.82) is 0 Å². The third-order valence-corrected chi connectivity index (χ3v) is 3.77. The average Bonchev–Trinajstić information content (AvgIpc) is 2.41. The molecule has 0 heterocycles. The van der Waals surface area contributed by atoms with Crippen molar-refractivity contribution in [2.24, 2.45) is 0 Å². The van der Waals surface area contributed by atoms with Crippen LogP contribution < -0.4 is 16.0 Å². The van der Waals surface area contributed by atoms with E-state index in [-0.39, 0.29) is 5.91 Å². The number of hydrogen-bond acceptors (Lipinski definition) is 3. The van der Waals surface area contributed by atoms with Gasteiger partial charge in [-0.25, -0.2) is 0 Å². The molecule has 0 saturated heterocycles. The fourth-order valence-electron chi connectivity index (χ4n) is 1.86. The van der Waals surface area contributed by atoms with Gasteiger partial charge in [-0.3, -0.25) is 4.79 Å². The zero-order chi connectivity index (χ0) is 15.6.